The number of hydrogen-bond acceptors (Lipinski definition) is 2. The average molecular weight is 263 g/mol. The first-order valence-electron chi connectivity index (χ1n) is 6.25. The number of piperazine rings is 1. The van der Waals surface area contributed by atoms with Crippen molar-refractivity contribution in [1.82, 2.24) is 15.1 Å². The zero-order valence-corrected chi connectivity index (χ0v) is 10.3. The third-order valence-corrected chi connectivity index (χ3v) is 3.62. The summed E-state index contributed by atoms with van der Waals surface area (Å²) in [4.78, 5) is 27.1. The number of carbonyl (C=O) groups excluding carboxylic acids is 2. The molecule has 2 saturated heterocycles. The molecule has 2 fully saturated rings. The van der Waals surface area contributed by atoms with Crippen LogP contribution in [0.3, 0.4) is 0 Å². The van der Waals surface area contributed by atoms with Crippen molar-refractivity contribution in [2.24, 2.45) is 0 Å². The van der Waals surface area contributed by atoms with Crippen LogP contribution in [0.15, 0.2) is 24.3 Å². The Balaban J connectivity index is 1.76. The van der Waals surface area contributed by atoms with Crippen LogP contribution in [0, 0.1) is 5.82 Å². The van der Waals surface area contributed by atoms with Gasteiger partial charge in [0.2, 0.25) is 0 Å². The van der Waals surface area contributed by atoms with Crippen LogP contribution in [-0.2, 0) is 0 Å². The van der Waals surface area contributed by atoms with E-state index in [1.807, 2.05) is 0 Å². The van der Waals surface area contributed by atoms with Gasteiger partial charge in [-0.05, 0) is 12.1 Å². The summed E-state index contributed by atoms with van der Waals surface area (Å²) in [6.45, 7) is 1.93. The van der Waals surface area contributed by atoms with Gasteiger partial charge in [0, 0.05) is 26.2 Å². The number of urea groups is 1. The molecule has 19 heavy (non-hydrogen) atoms. The largest absolute Gasteiger partial charge is 0.336 e. The molecule has 2 heterocycles. The highest BCUT2D eigenvalue weighted by Gasteiger charge is 2.37. The smallest absolute Gasteiger partial charge is 0.317 e. The van der Waals surface area contributed by atoms with E-state index in [0.717, 1.165) is 0 Å². The lowest BCUT2D eigenvalue weighted by atomic mass is 10.1. The van der Waals surface area contributed by atoms with Crippen LogP contribution in [-0.4, -0.2) is 54.0 Å². The van der Waals surface area contributed by atoms with E-state index in [2.05, 4.69) is 5.32 Å². The standard InChI is InChI=1S/C13H14FN3O2/c14-11-4-2-1-3-10(11)12(18)16-5-6-17-9(8-16)7-15-13(17)19/h1-4,9H,5-8H2,(H,15,19). The van der Waals surface area contributed by atoms with Crippen molar-refractivity contribution in [2.75, 3.05) is 26.2 Å². The van der Waals surface area contributed by atoms with Crippen molar-refractivity contribution in [1.29, 1.82) is 0 Å². The van der Waals surface area contributed by atoms with E-state index < -0.39 is 5.82 Å². The zero-order valence-electron chi connectivity index (χ0n) is 10.3. The summed E-state index contributed by atoms with van der Waals surface area (Å²) >= 11 is 0. The van der Waals surface area contributed by atoms with Crippen molar-refractivity contribution in [2.45, 2.75) is 6.04 Å². The lowest BCUT2D eigenvalue weighted by molar-refractivity contribution is 0.0612. The molecule has 100 valence electrons. The monoisotopic (exact) mass is 263 g/mol. The molecule has 6 heteroatoms. The highest BCUT2D eigenvalue weighted by Crippen LogP contribution is 2.17. The highest BCUT2D eigenvalue weighted by molar-refractivity contribution is 5.94. The number of amides is 3. The molecule has 0 bridgehead atoms. The molecule has 1 N–H and O–H groups in total. The van der Waals surface area contributed by atoms with Crippen LogP contribution in [0.2, 0.25) is 0 Å². The first-order chi connectivity index (χ1) is 9.16. The van der Waals surface area contributed by atoms with Gasteiger partial charge < -0.3 is 15.1 Å². The lowest BCUT2D eigenvalue weighted by Crippen LogP contribution is -2.53. The van der Waals surface area contributed by atoms with Crippen molar-refractivity contribution in [3.8, 4) is 0 Å². The van der Waals surface area contributed by atoms with Gasteiger partial charge in [0.05, 0.1) is 11.6 Å². The number of rotatable bonds is 1. The molecule has 1 aromatic rings. The average Bonchev–Trinajstić information content (AvgIpc) is 2.80. The fraction of sp³-hybridized carbons (Fsp3) is 0.385. The fourth-order valence-electron chi connectivity index (χ4n) is 2.59. The van der Waals surface area contributed by atoms with E-state index in [9.17, 15) is 14.0 Å². The summed E-state index contributed by atoms with van der Waals surface area (Å²) in [5.74, 6) is -0.812. The van der Waals surface area contributed by atoms with E-state index in [0.29, 0.717) is 26.2 Å². The molecule has 0 aromatic heterocycles. The number of hydrogen-bond donors (Lipinski definition) is 1. The number of benzene rings is 1. The van der Waals surface area contributed by atoms with Crippen molar-refractivity contribution in [3.63, 3.8) is 0 Å². The van der Waals surface area contributed by atoms with Crippen LogP contribution < -0.4 is 5.32 Å². The molecule has 5 nitrogen and oxygen atoms in total. The van der Waals surface area contributed by atoms with Gasteiger partial charge in [-0.3, -0.25) is 4.79 Å². The van der Waals surface area contributed by atoms with Crippen LogP contribution >= 0.6 is 0 Å². The number of halogens is 1. The van der Waals surface area contributed by atoms with E-state index >= 15 is 0 Å². The van der Waals surface area contributed by atoms with Gasteiger partial charge in [-0.2, -0.15) is 0 Å². The number of nitrogens with one attached hydrogen (secondary N) is 1. The Morgan fingerprint density at radius 3 is 2.89 bits per heavy atom. The Morgan fingerprint density at radius 1 is 1.32 bits per heavy atom. The topological polar surface area (TPSA) is 52.7 Å². The molecule has 2 aliphatic heterocycles. The van der Waals surface area contributed by atoms with E-state index in [-0.39, 0.29) is 23.5 Å². The van der Waals surface area contributed by atoms with Gasteiger partial charge in [-0.15, -0.1) is 0 Å². The van der Waals surface area contributed by atoms with Gasteiger partial charge >= 0.3 is 6.03 Å². The number of fused-ring (bicyclic) bond motifs is 1. The summed E-state index contributed by atoms with van der Waals surface area (Å²) in [6.07, 6.45) is 0. The second kappa shape index (κ2) is 4.53. The summed E-state index contributed by atoms with van der Waals surface area (Å²) in [5.41, 5.74) is 0.0910. The Morgan fingerprint density at radius 2 is 2.11 bits per heavy atom. The molecule has 1 unspecified atom stereocenters. The van der Waals surface area contributed by atoms with Gasteiger partial charge in [0.25, 0.3) is 5.91 Å². The SMILES string of the molecule is O=C(c1ccccc1F)N1CCN2C(=O)NCC2C1. The molecular formula is C13H14FN3O2. The molecule has 0 radical (unpaired) electrons. The van der Waals surface area contributed by atoms with E-state index in [1.165, 1.54) is 12.1 Å². The molecule has 1 atom stereocenters. The second-order valence-electron chi connectivity index (χ2n) is 4.76. The summed E-state index contributed by atoms with van der Waals surface area (Å²) < 4.78 is 13.6. The third-order valence-electron chi connectivity index (χ3n) is 3.62. The summed E-state index contributed by atoms with van der Waals surface area (Å²) in [5, 5.41) is 2.75. The van der Waals surface area contributed by atoms with E-state index in [4.69, 9.17) is 0 Å². The molecule has 3 amide bonds. The van der Waals surface area contributed by atoms with Gasteiger partial charge in [0.15, 0.2) is 0 Å². The first-order valence-corrected chi connectivity index (χ1v) is 6.25. The molecule has 0 spiro atoms. The molecule has 2 aliphatic rings. The van der Waals surface area contributed by atoms with Gasteiger partial charge in [0.1, 0.15) is 5.82 Å². The van der Waals surface area contributed by atoms with Gasteiger partial charge in [-0.1, -0.05) is 12.1 Å². The maximum atomic E-state index is 13.6. The predicted molar refractivity (Wildman–Crippen MR) is 66.2 cm³/mol. The second-order valence-corrected chi connectivity index (χ2v) is 4.76. The minimum Gasteiger partial charge on any atom is -0.336 e. The lowest BCUT2D eigenvalue weighted by Gasteiger charge is -2.36. The predicted octanol–water partition coefficient (Wildman–Crippen LogP) is 0.675. The Hall–Kier alpha value is -2.11. The number of nitrogens with zero attached hydrogens (tertiary/aromatic N) is 2. The number of carbonyl (C=O) groups is 2. The summed E-state index contributed by atoms with van der Waals surface area (Å²) in [7, 11) is 0. The van der Waals surface area contributed by atoms with Crippen LogP contribution in [0.1, 0.15) is 10.4 Å². The minimum atomic E-state index is -0.504. The Labute approximate surface area is 110 Å². The zero-order chi connectivity index (χ0) is 13.4. The first kappa shape index (κ1) is 12.0. The molecule has 0 aliphatic carbocycles. The molecular weight excluding hydrogens is 249 g/mol. The normalized spacial score (nSPS) is 22.2. The molecule has 1 aromatic carbocycles. The van der Waals surface area contributed by atoms with Crippen LogP contribution in [0.5, 0.6) is 0 Å². The maximum Gasteiger partial charge on any atom is 0.317 e. The van der Waals surface area contributed by atoms with Crippen molar-refractivity contribution >= 4 is 11.9 Å². The Bertz CT molecular complexity index is 534. The molecule has 0 saturated carbocycles. The minimum absolute atomic E-state index is 0.00280. The molecule has 3 rings (SSSR count). The fourth-order valence-corrected chi connectivity index (χ4v) is 2.59. The van der Waals surface area contributed by atoms with Crippen molar-refractivity contribution in [3.05, 3.63) is 35.6 Å². The third kappa shape index (κ3) is 2.03. The van der Waals surface area contributed by atoms with E-state index in [1.54, 1.807) is 21.9 Å². The van der Waals surface area contributed by atoms with Crippen LogP contribution in [0.4, 0.5) is 9.18 Å². The van der Waals surface area contributed by atoms with Crippen molar-refractivity contribution < 1.29 is 14.0 Å². The summed E-state index contributed by atoms with van der Waals surface area (Å²) in [6, 6.07) is 5.89. The quantitative estimate of drug-likeness (QED) is 0.810. The maximum absolute atomic E-state index is 13.6. The Kier molecular flexibility index (Phi) is 2.85. The van der Waals surface area contributed by atoms with Crippen LogP contribution in [0.25, 0.3) is 0 Å². The van der Waals surface area contributed by atoms with Gasteiger partial charge in [-0.25, -0.2) is 9.18 Å². The highest BCUT2D eigenvalue weighted by atomic mass is 19.1.